The Morgan fingerprint density at radius 1 is 0.727 bits per heavy atom. The molecule has 0 aromatic rings. The van der Waals surface area contributed by atoms with E-state index in [-0.39, 0.29) is 0 Å². The standard InChI is InChI=1S/C4H9NO.4BFH2O2/c1-4(5-2)6-3;4*2-1(3)4/h1-3H3;4*3-4H. The van der Waals surface area contributed by atoms with Gasteiger partial charge in [-0.15, -0.1) is 0 Å². The maximum Gasteiger partial charge on any atom is 0.674 e. The zero-order chi connectivity index (χ0) is 19.3. The molecule has 0 spiro atoms. The van der Waals surface area contributed by atoms with E-state index in [0.717, 1.165) is 5.90 Å². The molecule has 0 aliphatic rings. The van der Waals surface area contributed by atoms with E-state index in [9.17, 15) is 17.3 Å². The van der Waals surface area contributed by atoms with Gasteiger partial charge in [0.2, 0.25) is 0 Å². The molecule has 18 heteroatoms. The fraction of sp³-hybridized carbons (Fsp3) is 0.750. The number of aliphatic imine (C=N–C) groups is 1. The molecule has 0 aliphatic carbocycles. The number of halogens is 4. The zero-order valence-corrected chi connectivity index (χ0v) is 11.8. The second-order valence-electron chi connectivity index (χ2n) is 2.19. The van der Waals surface area contributed by atoms with E-state index in [4.69, 9.17) is 40.2 Å². The van der Waals surface area contributed by atoms with Crippen LogP contribution in [-0.4, -0.2) is 89.8 Å². The van der Waals surface area contributed by atoms with Gasteiger partial charge in [-0.05, 0) is 0 Å². The lowest BCUT2D eigenvalue weighted by Crippen LogP contribution is -1.98. The van der Waals surface area contributed by atoms with Crippen LogP contribution in [0.1, 0.15) is 6.92 Å². The molecule has 0 radical (unpaired) electrons. The van der Waals surface area contributed by atoms with Crippen molar-refractivity contribution in [1.82, 2.24) is 0 Å². The Balaban J connectivity index is -0.0000000555. The van der Waals surface area contributed by atoms with Gasteiger partial charge < -0.3 is 44.9 Å². The molecule has 0 atom stereocenters. The van der Waals surface area contributed by atoms with Gasteiger partial charge in [0.05, 0.1) is 7.11 Å². The molecule has 22 heavy (non-hydrogen) atoms. The number of methoxy groups -OCH3 is 1. The van der Waals surface area contributed by atoms with Crippen LogP contribution in [0.4, 0.5) is 17.3 Å². The van der Waals surface area contributed by atoms with Crippen LogP contribution in [0.15, 0.2) is 4.99 Å². The van der Waals surface area contributed by atoms with Gasteiger partial charge in [-0.2, -0.15) is 0 Å². The number of hydrogen-bond acceptors (Lipinski definition) is 10. The molecule has 0 saturated heterocycles. The number of rotatable bonds is 0. The van der Waals surface area contributed by atoms with Crippen LogP contribution in [0.25, 0.3) is 0 Å². The summed E-state index contributed by atoms with van der Waals surface area (Å²) < 4.78 is 45.1. The molecule has 10 nitrogen and oxygen atoms in total. The molecule has 0 bridgehead atoms. The highest BCUT2D eigenvalue weighted by atomic mass is 19.1. The van der Waals surface area contributed by atoms with Crippen LogP contribution < -0.4 is 0 Å². The number of ether oxygens (including phenoxy) is 1. The van der Waals surface area contributed by atoms with Crippen LogP contribution in [0.5, 0.6) is 0 Å². The maximum atomic E-state index is 10.1. The van der Waals surface area contributed by atoms with Crippen LogP contribution in [-0.2, 0) is 4.74 Å². The lowest BCUT2D eigenvalue weighted by atomic mass is 10.3. The van der Waals surface area contributed by atoms with Crippen molar-refractivity contribution in [2.24, 2.45) is 4.99 Å². The lowest BCUT2D eigenvalue weighted by molar-refractivity contribution is 0.338. The van der Waals surface area contributed by atoms with Crippen molar-refractivity contribution in [2.45, 2.75) is 6.92 Å². The molecule has 0 rings (SSSR count). The fourth-order valence-electron chi connectivity index (χ4n) is 0.0913. The zero-order valence-electron chi connectivity index (χ0n) is 11.8. The Labute approximate surface area is 125 Å². The SMILES string of the molecule is CN=C(C)OC.OB(O)F.OB(O)F.OB(O)F.OB(O)F. The van der Waals surface area contributed by atoms with E-state index in [1.165, 1.54) is 0 Å². The summed E-state index contributed by atoms with van der Waals surface area (Å²) in [6.45, 7) is 1.81. The summed E-state index contributed by atoms with van der Waals surface area (Å²) in [6.07, 6.45) is 0. The highest BCUT2D eigenvalue weighted by Crippen LogP contribution is 1.69. The molecule has 0 aromatic heterocycles. The smallest absolute Gasteiger partial charge is 0.485 e. The summed E-state index contributed by atoms with van der Waals surface area (Å²) in [4.78, 5) is 3.70. The third-order valence-corrected chi connectivity index (χ3v) is 0.610. The molecule has 0 aliphatic heterocycles. The molecular weight excluding hydrogens is 325 g/mol. The van der Waals surface area contributed by atoms with Crippen molar-refractivity contribution in [3.63, 3.8) is 0 Å². The van der Waals surface area contributed by atoms with E-state index < -0.39 is 29.6 Å². The Hall–Kier alpha value is -0.870. The van der Waals surface area contributed by atoms with E-state index in [1.54, 1.807) is 21.1 Å². The third-order valence-electron chi connectivity index (χ3n) is 0.610. The number of hydrogen-bond donors (Lipinski definition) is 8. The van der Waals surface area contributed by atoms with Crippen LogP contribution in [0.3, 0.4) is 0 Å². The van der Waals surface area contributed by atoms with Gasteiger partial charge in [0.1, 0.15) is 0 Å². The van der Waals surface area contributed by atoms with Crippen molar-refractivity contribution in [1.29, 1.82) is 0 Å². The van der Waals surface area contributed by atoms with E-state index in [2.05, 4.69) is 9.73 Å². The minimum Gasteiger partial charge on any atom is -0.485 e. The quantitative estimate of drug-likeness (QED) is 0.0952. The minimum absolute atomic E-state index is 0.718. The van der Waals surface area contributed by atoms with Gasteiger partial charge in [0.25, 0.3) is 0 Å². The predicted molar refractivity (Wildman–Crippen MR) is 71.2 cm³/mol. The summed E-state index contributed by atoms with van der Waals surface area (Å²) in [7, 11) is -7.37. The van der Waals surface area contributed by atoms with Gasteiger partial charge in [-0.1, -0.05) is 0 Å². The Morgan fingerprint density at radius 3 is 0.864 bits per heavy atom. The molecular formula is C4H17B4F4NO9. The van der Waals surface area contributed by atoms with Crippen LogP contribution in [0, 0.1) is 0 Å². The summed E-state index contributed by atoms with van der Waals surface area (Å²) in [5.41, 5.74) is 0. The first-order valence-corrected chi connectivity index (χ1v) is 4.72. The highest BCUT2D eigenvalue weighted by Gasteiger charge is 1.98. The summed E-state index contributed by atoms with van der Waals surface area (Å²) in [5.74, 6) is 0.718. The third kappa shape index (κ3) is 642. The molecule has 0 heterocycles. The Bertz CT molecular complexity index is 181. The van der Waals surface area contributed by atoms with Gasteiger partial charge in [0, 0.05) is 14.0 Å². The van der Waals surface area contributed by atoms with Crippen molar-refractivity contribution in [3.8, 4) is 0 Å². The van der Waals surface area contributed by atoms with Crippen LogP contribution in [0.2, 0.25) is 0 Å². The second-order valence-corrected chi connectivity index (χ2v) is 2.19. The minimum atomic E-state index is -2.67. The second kappa shape index (κ2) is 28.3. The van der Waals surface area contributed by atoms with E-state index in [1.807, 2.05) is 0 Å². The lowest BCUT2D eigenvalue weighted by Gasteiger charge is -1.90. The fourth-order valence-corrected chi connectivity index (χ4v) is 0.0913. The van der Waals surface area contributed by atoms with Gasteiger partial charge in [0.15, 0.2) is 5.90 Å². The van der Waals surface area contributed by atoms with Gasteiger partial charge >= 0.3 is 29.6 Å². The van der Waals surface area contributed by atoms with Crippen molar-refractivity contribution < 1.29 is 62.2 Å². The van der Waals surface area contributed by atoms with Gasteiger partial charge in [-0.3, -0.25) is 22.3 Å². The van der Waals surface area contributed by atoms with E-state index in [0.29, 0.717) is 0 Å². The Morgan fingerprint density at radius 2 is 0.864 bits per heavy atom. The van der Waals surface area contributed by atoms with Crippen molar-refractivity contribution in [3.05, 3.63) is 0 Å². The van der Waals surface area contributed by atoms with E-state index >= 15 is 0 Å². The average molecular weight is 342 g/mol. The normalized spacial score (nSPS) is 8.05. The van der Waals surface area contributed by atoms with Crippen molar-refractivity contribution >= 4 is 35.5 Å². The first kappa shape index (κ1) is 32.9. The molecule has 0 fully saturated rings. The maximum absolute atomic E-state index is 10.1. The van der Waals surface area contributed by atoms with Crippen LogP contribution >= 0.6 is 0 Å². The Kier molecular flexibility index (Phi) is 42.4. The predicted octanol–water partition coefficient (Wildman–Crippen LogP) is -3.62. The average Bonchev–Trinajstić information content (AvgIpc) is 2.24. The molecule has 132 valence electrons. The first-order valence-electron chi connectivity index (χ1n) is 4.72. The largest absolute Gasteiger partial charge is 0.674 e. The molecule has 8 N–H and O–H groups in total. The highest BCUT2D eigenvalue weighted by molar-refractivity contribution is 6.32. The number of nitrogens with zero attached hydrogens (tertiary/aromatic N) is 1. The molecule has 0 unspecified atom stereocenters. The van der Waals surface area contributed by atoms with Crippen molar-refractivity contribution in [2.75, 3.05) is 14.2 Å². The summed E-state index contributed by atoms with van der Waals surface area (Å²) >= 11 is 0. The summed E-state index contributed by atoms with van der Waals surface area (Å²) in [6, 6.07) is 0. The molecule has 0 amide bonds. The first-order chi connectivity index (χ1) is 9.74. The summed E-state index contributed by atoms with van der Waals surface area (Å²) in [5, 5.41) is 55.6. The monoisotopic (exact) mass is 343 g/mol. The molecule has 0 saturated carbocycles. The topological polar surface area (TPSA) is 183 Å². The van der Waals surface area contributed by atoms with Gasteiger partial charge in [-0.25, -0.2) is 0 Å². The molecule has 0 aromatic carbocycles.